The molecule has 2 heterocycles. The highest BCUT2D eigenvalue weighted by molar-refractivity contribution is 7.15. The van der Waals surface area contributed by atoms with E-state index in [2.05, 4.69) is 10.1 Å². The minimum absolute atomic E-state index is 0.178. The van der Waals surface area contributed by atoms with Crippen molar-refractivity contribution in [2.24, 2.45) is 0 Å². The van der Waals surface area contributed by atoms with Crippen LogP contribution in [0.4, 0.5) is 0 Å². The fourth-order valence-corrected chi connectivity index (χ4v) is 3.49. The first-order valence-electron chi connectivity index (χ1n) is 8.02. The van der Waals surface area contributed by atoms with Gasteiger partial charge in [0, 0.05) is 5.56 Å². The van der Waals surface area contributed by atoms with E-state index in [0.29, 0.717) is 15.3 Å². The Bertz CT molecular complexity index is 1190. The van der Waals surface area contributed by atoms with Crippen LogP contribution in [-0.2, 0) is 0 Å². The van der Waals surface area contributed by atoms with Crippen LogP contribution < -0.4 is 14.8 Å². The molecule has 2 aromatic heterocycles. The second-order valence-corrected chi connectivity index (χ2v) is 6.58. The second kappa shape index (κ2) is 6.93. The summed E-state index contributed by atoms with van der Waals surface area (Å²) in [6.07, 6.45) is 5.53. The molecule has 0 fully saturated rings. The number of fused-ring (bicyclic) bond motifs is 1. The Morgan fingerprint density at radius 1 is 1.04 bits per heavy atom. The van der Waals surface area contributed by atoms with Crippen LogP contribution in [0.3, 0.4) is 0 Å². The molecule has 128 valence electrons. The van der Waals surface area contributed by atoms with E-state index in [0.717, 1.165) is 16.9 Å². The van der Waals surface area contributed by atoms with E-state index in [1.807, 2.05) is 66.7 Å². The van der Waals surface area contributed by atoms with Gasteiger partial charge in [0.15, 0.2) is 5.82 Å². The molecule has 4 rings (SSSR count). The van der Waals surface area contributed by atoms with Crippen LogP contribution in [0.5, 0.6) is 5.75 Å². The summed E-state index contributed by atoms with van der Waals surface area (Å²) < 4.78 is 7.25. The molecule has 4 aromatic rings. The Kier molecular flexibility index (Phi) is 4.33. The van der Waals surface area contributed by atoms with E-state index in [1.165, 1.54) is 15.9 Å². The first kappa shape index (κ1) is 16.2. The van der Waals surface area contributed by atoms with Gasteiger partial charge in [-0.15, -0.1) is 5.10 Å². The summed E-state index contributed by atoms with van der Waals surface area (Å²) in [7, 11) is 1.61. The minimum atomic E-state index is -0.178. The predicted molar refractivity (Wildman–Crippen MR) is 104 cm³/mol. The number of benzene rings is 2. The molecule has 0 aliphatic carbocycles. The van der Waals surface area contributed by atoms with Crippen LogP contribution in [0.15, 0.2) is 59.4 Å². The van der Waals surface area contributed by atoms with Crippen molar-refractivity contribution in [1.29, 1.82) is 0 Å². The zero-order valence-corrected chi connectivity index (χ0v) is 14.8. The molecular weight excluding hydrogens is 346 g/mol. The highest BCUT2D eigenvalue weighted by Gasteiger charge is 2.09. The van der Waals surface area contributed by atoms with E-state index in [1.54, 1.807) is 13.2 Å². The Morgan fingerprint density at radius 2 is 1.81 bits per heavy atom. The first-order chi connectivity index (χ1) is 12.7. The fourth-order valence-electron chi connectivity index (χ4n) is 2.58. The molecule has 0 aliphatic rings. The summed E-state index contributed by atoms with van der Waals surface area (Å²) in [4.78, 5) is 17.6. The van der Waals surface area contributed by atoms with Crippen molar-refractivity contribution >= 4 is 34.5 Å². The molecule has 0 radical (unpaired) electrons. The molecule has 0 unspecified atom stereocenters. The number of para-hydroxylation sites is 1. The molecule has 26 heavy (non-hydrogen) atoms. The number of hydrogen-bond acceptors (Lipinski definition) is 5. The zero-order valence-electron chi connectivity index (χ0n) is 14.0. The van der Waals surface area contributed by atoms with E-state index in [-0.39, 0.29) is 5.56 Å². The Balaban J connectivity index is 1.71. The molecule has 0 aliphatic heterocycles. The lowest BCUT2D eigenvalue weighted by molar-refractivity contribution is 0.414. The second-order valence-electron chi connectivity index (χ2n) is 5.57. The first-order valence-corrected chi connectivity index (χ1v) is 8.84. The average Bonchev–Trinajstić information content (AvgIpc) is 3.20. The van der Waals surface area contributed by atoms with E-state index < -0.39 is 0 Å². The van der Waals surface area contributed by atoms with Crippen molar-refractivity contribution in [2.45, 2.75) is 0 Å². The van der Waals surface area contributed by atoms with Crippen molar-refractivity contribution in [1.82, 2.24) is 14.6 Å². The van der Waals surface area contributed by atoms with Crippen LogP contribution in [-0.4, -0.2) is 21.7 Å². The number of hydrogen-bond donors (Lipinski definition) is 0. The van der Waals surface area contributed by atoms with Crippen LogP contribution in [0.25, 0.3) is 23.2 Å². The lowest BCUT2D eigenvalue weighted by atomic mass is 10.2. The third kappa shape index (κ3) is 3.14. The number of methoxy groups -OCH3 is 1. The molecule has 0 saturated carbocycles. The van der Waals surface area contributed by atoms with Gasteiger partial charge in [0.05, 0.1) is 11.6 Å². The topological polar surface area (TPSA) is 56.5 Å². The molecule has 0 saturated heterocycles. The van der Waals surface area contributed by atoms with Crippen molar-refractivity contribution in [3.63, 3.8) is 0 Å². The van der Waals surface area contributed by atoms with Gasteiger partial charge in [0.2, 0.25) is 4.96 Å². The lowest BCUT2D eigenvalue weighted by Crippen LogP contribution is -2.23. The van der Waals surface area contributed by atoms with Crippen molar-refractivity contribution in [2.75, 3.05) is 7.11 Å². The SMILES string of the molecule is COc1ccccc1C=c1sc2nc(C=Cc3ccccc3)nn2c1=O. The van der Waals surface area contributed by atoms with E-state index in [4.69, 9.17) is 4.74 Å². The van der Waals surface area contributed by atoms with Gasteiger partial charge < -0.3 is 4.74 Å². The quantitative estimate of drug-likeness (QED) is 0.561. The molecule has 0 amide bonds. The van der Waals surface area contributed by atoms with Gasteiger partial charge in [-0.05, 0) is 23.8 Å². The van der Waals surface area contributed by atoms with Gasteiger partial charge >= 0.3 is 0 Å². The summed E-state index contributed by atoms with van der Waals surface area (Å²) in [5, 5.41) is 4.30. The summed E-state index contributed by atoms with van der Waals surface area (Å²) in [5.41, 5.74) is 1.72. The molecule has 2 aromatic carbocycles. The van der Waals surface area contributed by atoms with Gasteiger partial charge in [-0.25, -0.2) is 0 Å². The van der Waals surface area contributed by atoms with E-state index in [9.17, 15) is 4.79 Å². The van der Waals surface area contributed by atoms with Crippen LogP contribution >= 0.6 is 11.3 Å². The van der Waals surface area contributed by atoms with Gasteiger partial charge in [-0.2, -0.15) is 9.50 Å². The average molecular weight is 361 g/mol. The third-order valence-corrected chi connectivity index (χ3v) is 4.81. The Morgan fingerprint density at radius 3 is 2.58 bits per heavy atom. The predicted octanol–water partition coefficient (Wildman–Crippen LogP) is 2.88. The van der Waals surface area contributed by atoms with Gasteiger partial charge in [-0.1, -0.05) is 65.9 Å². The van der Waals surface area contributed by atoms with Crippen molar-refractivity contribution < 1.29 is 4.74 Å². The normalized spacial score (nSPS) is 12.3. The maximum absolute atomic E-state index is 12.6. The van der Waals surface area contributed by atoms with Crippen molar-refractivity contribution in [3.05, 3.63) is 86.4 Å². The molecular formula is C20H15N3O2S. The molecule has 0 N–H and O–H groups in total. The summed E-state index contributed by atoms with van der Waals surface area (Å²) in [6, 6.07) is 17.4. The number of rotatable bonds is 4. The van der Waals surface area contributed by atoms with Crippen LogP contribution in [0.1, 0.15) is 17.0 Å². The standard InChI is InChI=1S/C20H15N3O2S/c1-25-16-10-6-5-9-15(16)13-17-19(24)23-20(26-17)21-18(22-23)12-11-14-7-3-2-4-8-14/h2-13H,1H3. The number of thiazole rings is 1. The molecule has 0 bridgehead atoms. The maximum Gasteiger partial charge on any atom is 0.291 e. The lowest BCUT2D eigenvalue weighted by Gasteiger charge is -2.02. The summed E-state index contributed by atoms with van der Waals surface area (Å²) in [5.74, 6) is 1.23. The summed E-state index contributed by atoms with van der Waals surface area (Å²) >= 11 is 1.31. The number of aromatic nitrogens is 3. The Labute approximate surface area is 153 Å². The third-order valence-electron chi connectivity index (χ3n) is 3.85. The van der Waals surface area contributed by atoms with E-state index >= 15 is 0 Å². The van der Waals surface area contributed by atoms with Crippen LogP contribution in [0.2, 0.25) is 0 Å². The molecule has 0 atom stereocenters. The van der Waals surface area contributed by atoms with Crippen LogP contribution in [0, 0.1) is 0 Å². The molecule has 0 spiro atoms. The largest absolute Gasteiger partial charge is 0.496 e. The molecule has 5 nitrogen and oxygen atoms in total. The fraction of sp³-hybridized carbons (Fsp3) is 0.0500. The minimum Gasteiger partial charge on any atom is -0.496 e. The smallest absolute Gasteiger partial charge is 0.291 e. The van der Waals surface area contributed by atoms with Crippen molar-refractivity contribution in [3.8, 4) is 5.75 Å². The number of nitrogens with zero attached hydrogens (tertiary/aromatic N) is 3. The summed E-state index contributed by atoms with van der Waals surface area (Å²) in [6.45, 7) is 0. The highest BCUT2D eigenvalue weighted by Crippen LogP contribution is 2.17. The van der Waals surface area contributed by atoms with Gasteiger partial charge in [0.1, 0.15) is 5.75 Å². The highest BCUT2D eigenvalue weighted by atomic mass is 32.1. The van der Waals surface area contributed by atoms with Gasteiger partial charge in [-0.3, -0.25) is 4.79 Å². The van der Waals surface area contributed by atoms with Gasteiger partial charge in [0.25, 0.3) is 5.56 Å². The zero-order chi connectivity index (χ0) is 17.9. The maximum atomic E-state index is 12.6. The Hall–Kier alpha value is -3.25. The molecule has 6 heteroatoms. The number of ether oxygens (including phenoxy) is 1. The monoisotopic (exact) mass is 361 g/mol.